The van der Waals surface area contributed by atoms with Crippen molar-refractivity contribution in [3.8, 4) is 0 Å². The van der Waals surface area contributed by atoms with E-state index in [2.05, 4.69) is 0 Å². The van der Waals surface area contributed by atoms with Crippen LogP contribution in [-0.4, -0.2) is 47.8 Å². The Kier molecular flexibility index (Phi) is 3.32. The molecule has 1 heterocycles. The largest absolute Gasteiger partial charge is 0.394 e. The van der Waals surface area contributed by atoms with Crippen molar-refractivity contribution < 1.29 is 14.6 Å². The summed E-state index contributed by atoms with van der Waals surface area (Å²) in [5.41, 5.74) is 0. The number of aliphatic hydroxyl groups is 1. The summed E-state index contributed by atoms with van der Waals surface area (Å²) in [7, 11) is 0. The molecule has 4 nitrogen and oxygen atoms in total. The molecule has 3 fully saturated rings. The van der Waals surface area contributed by atoms with Gasteiger partial charge in [0.2, 0.25) is 5.91 Å². The molecule has 0 aromatic heterocycles. The molecule has 0 aromatic rings. The van der Waals surface area contributed by atoms with Gasteiger partial charge in [0.1, 0.15) is 0 Å². The quantitative estimate of drug-likeness (QED) is 0.799. The molecule has 1 aliphatic heterocycles. The van der Waals surface area contributed by atoms with Crippen molar-refractivity contribution in [1.82, 2.24) is 4.90 Å². The van der Waals surface area contributed by atoms with Gasteiger partial charge in [-0.2, -0.15) is 0 Å². The Morgan fingerprint density at radius 2 is 1.94 bits per heavy atom. The van der Waals surface area contributed by atoms with Crippen LogP contribution in [0.25, 0.3) is 0 Å². The lowest BCUT2D eigenvalue weighted by molar-refractivity contribution is -0.149. The molecular weight excluding hydrogens is 230 g/mol. The maximum Gasteiger partial charge on any atom is 0.226 e. The average molecular weight is 253 g/mol. The first-order valence-electron chi connectivity index (χ1n) is 7.26. The second kappa shape index (κ2) is 4.82. The summed E-state index contributed by atoms with van der Waals surface area (Å²) < 4.78 is 5.59. The Hall–Kier alpha value is -0.610. The number of morpholine rings is 1. The Morgan fingerprint density at radius 1 is 1.28 bits per heavy atom. The topological polar surface area (TPSA) is 49.8 Å². The third-order valence-electron chi connectivity index (χ3n) is 4.78. The van der Waals surface area contributed by atoms with E-state index in [1.165, 1.54) is 25.7 Å². The van der Waals surface area contributed by atoms with E-state index in [0.717, 1.165) is 0 Å². The third kappa shape index (κ3) is 2.16. The highest BCUT2D eigenvalue weighted by Gasteiger charge is 2.56. The van der Waals surface area contributed by atoms with Crippen LogP contribution in [0.15, 0.2) is 0 Å². The van der Waals surface area contributed by atoms with Gasteiger partial charge in [0.25, 0.3) is 0 Å². The maximum atomic E-state index is 12.5. The van der Waals surface area contributed by atoms with Crippen LogP contribution in [0.5, 0.6) is 0 Å². The molecule has 0 spiro atoms. The first-order chi connectivity index (χ1) is 8.70. The Morgan fingerprint density at radius 3 is 2.56 bits per heavy atom. The number of hydrogen-bond acceptors (Lipinski definition) is 3. The second-order valence-corrected chi connectivity index (χ2v) is 6.13. The number of carbonyl (C=O) groups excluding carboxylic acids is 1. The normalized spacial score (nSPS) is 43.4. The summed E-state index contributed by atoms with van der Waals surface area (Å²) in [4.78, 5) is 14.5. The van der Waals surface area contributed by atoms with Crippen LogP contribution in [0.1, 0.15) is 32.6 Å². The Balaban J connectivity index is 1.62. The van der Waals surface area contributed by atoms with Gasteiger partial charge in [-0.1, -0.05) is 12.8 Å². The predicted molar refractivity (Wildman–Crippen MR) is 66.9 cm³/mol. The van der Waals surface area contributed by atoms with Gasteiger partial charge in [0.15, 0.2) is 0 Å². The van der Waals surface area contributed by atoms with E-state index in [1.54, 1.807) is 0 Å². The van der Waals surface area contributed by atoms with E-state index in [9.17, 15) is 9.90 Å². The van der Waals surface area contributed by atoms with Crippen molar-refractivity contribution in [1.29, 1.82) is 0 Å². The van der Waals surface area contributed by atoms with Crippen molar-refractivity contribution in [3.05, 3.63) is 0 Å². The van der Waals surface area contributed by atoms with E-state index in [4.69, 9.17) is 4.74 Å². The summed E-state index contributed by atoms with van der Waals surface area (Å²) in [5, 5.41) is 9.21. The zero-order valence-electron chi connectivity index (χ0n) is 11.0. The second-order valence-electron chi connectivity index (χ2n) is 6.13. The molecule has 102 valence electrons. The minimum Gasteiger partial charge on any atom is -0.394 e. The van der Waals surface area contributed by atoms with Crippen LogP contribution in [0.4, 0.5) is 0 Å². The molecule has 4 heteroatoms. The predicted octanol–water partition coefficient (Wildman–Crippen LogP) is 1.03. The Labute approximate surface area is 108 Å². The van der Waals surface area contributed by atoms with E-state index < -0.39 is 0 Å². The van der Waals surface area contributed by atoms with Crippen LogP contribution < -0.4 is 0 Å². The molecule has 0 radical (unpaired) electrons. The molecule has 2 saturated carbocycles. The lowest BCUT2D eigenvalue weighted by atomic mass is 10.0. The van der Waals surface area contributed by atoms with Gasteiger partial charge in [-0.15, -0.1) is 0 Å². The number of nitrogens with zero attached hydrogens (tertiary/aromatic N) is 1. The van der Waals surface area contributed by atoms with E-state index in [1.807, 2.05) is 11.8 Å². The SMILES string of the molecule is CC1CN(C(=O)C2C3CCCCC32)CC(CO)O1. The summed E-state index contributed by atoms with van der Waals surface area (Å²) >= 11 is 0. The molecule has 2 aliphatic carbocycles. The molecule has 1 amide bonds. The van der Waals surface area contributed by atoms with Crippen LogP contribution >= 0.6 is 0 Å². The highest BCUT2D eigenvalue weighted by Crippen LogP contribution is 2.56. The highest BCUT2D eigenvalue weighted by atomic mass is 16.5. The van der Waals surface area contributed by atoms with Gasteiger partial charge in [0, 0.05) is 19.0 Å². The molecule has 18 heavy (non-hydrogen) atoms. The van der Waals surface area contributed by atoms with E-state index >= 15 is 0 Å². The molecule has 1 saturated heterocycles. The number of fused-ring (bicyclic) bond motifs is 1. The van der Waals surface area contributed by atoms with Crippen LogP contribution in [0, 0.1) is 17.8 Å². The zero-order valence-corrected chi connectivity index (χ0v) is 11.0. The van der Waals surface area contributed by atoms with E-state index in [-0.39, 0.29) is 24.7 Å². The fourth-order valence-electron chi connectivity index (χ4n) is 3.90. The van der Waals surface area contributed by atoms with Crippen LogP contribution in [0.2, 0.25) is 0 Å². The molecule has 0 aromatic carbocycles. The first kappa shape index (κ1) is 12.4. The average Bonchev–Trinajstić information content (AvgIpc) is 3.11. The summed E-state index contributed by atoms with van der Waals surface area (Å²) in [6.45, 7) is 3.23. The van der Waals surface area contributed by atoms with Gasteiger partial charge in [0.05, 0.1) is 18.8 Å². The number of amides is 1. The maximum absolute atomic E-state index is 12.5. The molecule has 1 N–H and O–H groups in total. The van der Waals surface area contributed by atoms with Crippen LogP contribution in [0.3, 0.4) is 0 Å². The van der Waals surface area contributed by atoms with Crippen molar-refractivity contribution >= 4 is 5.91 Å². The smallest absolute Gasteiger partial charge is 0.226 e. The van der Waals surface area contributed by atoms with Crippen molar-refractivity contribution in [2.24, 2.45) is 17.8 Å². The summed E-state index contributed by atoms with van der Waals surface area (Å²) in [6, 6.07) is 0. The van der Waals surface area contributed by atoms with Crippen molar-refractivity contribution in [2.75, 3.05) is 19.7 Å². The van der Waals surface area contributed by atoms with Gasteiger partial charge in [-0.3, -0.25) is 4.79 Å². The number of carbonyl (C=O) groups is 1. The van der Waals surface area contributed by atoms with E-state index in [0.29, 0.717) is 30.8 Å². The lowest BCUT2D eigenvalue weighted by Crippen LogP contribution is -2.51. The molecule has 4 atom stereocenters. The molecule has 3 rings (SSSR count). The fourth-order valence-corrected chi connectivity index (χ4v) is 3.90. The van der Waals surface area contributed by atoms with Gasteiger partial charge in [-0.05, 0) is 31.6 Å². The number of aliphatic hydroxyl groups excluding tert-OH is 1. The highest BCUT2D eigenvalue weighted by molar-refractivity contribution is 5.82. The van der Waals surface area contributed by atoms with Gasteiger partial charge in [-0.25, -0.2) is 0 Å². The van der Waals surface area contributed by atoms with Crippen LogP contribution in [-0.2, 0) is 9.53 Å². The molecule has 3 aliphatic rings. The van der Waals surface area contributed by atoms with Crippen molar-refractivity contribution in [2.45, 2.75) is 44.8 Å². The summed E-state index contributed by atoms with van der Waals surface area (Å²) in [5.74, 6) is 1.94. The lowest BCUT2D eigenvalue weighted by Gasteiger charge is -2.36. The molecule has 0 bridgehead atoms. The number of hydrogen-bond donors (Lipinski definition) is 1. The first-order valence-corrected chi connectivity index (χ1v) is 7.26. The standard InChI is InChI=1S/C14H23NO3/c1-9-6-15(7-10(8-16)18-9)14(17)13-11-4-2-3-5-12(11)13/h9-13,16H,2-8H2,1H3. The number of ether oxygens (including phenoxy) is 1. The Bertz CT molecular complexity index is 321. The van der Waals surface area contributed by atoms with Gasteiger partial charge >= 0.3 is 0 Å². The monoisotopic (exact) mass is 253 g/mol. The summed E-state index contributed by atoms with van der Waals surface area (Å²) in [6.07, 6.45) is 4.92. The fraction of sp³-hybridized carbons (Fsp3) is 0.929. The number of rotatable bonds is 2. The third-order valence-corrected chi connectivity index (χ3v) is 4.78. The minimum atomic E-state index is -0.196. The zero-order chi connectivity index (χ0) is 12.7. The molecule has 4 unspecified atom stereocenters. The van der Waals surface area contributed by atoms with Gasteiger partial charge < -0.3 is 14.7 Å². The van der Waals surface area contributed by atoms with Crippen molar-refractivity contribution in [3.63, 3.8) is 0 Å². The molecular formula is C14H23NO3. The minimum absolute atomic E-state index is 0.00560.